The molecule has 0 aromatic heterocycles. The first kappa shape index (κ1) is 10.1. The molecular formula is C10H11ClO2. The maximum atomic E-state index is 10.6. The molecule has 0 N–H and O–H groups in total. The molecule has 1 aliphatic rings. The minimum Gasteiger partial charge on any atom is -0.497 e. The minimum absolute atomic E-state index is 0.0573. The van der Waals surface area contributed by atoms with E-state index in [0.717, 1.165) is 0 Å². The van der Waals surface area contributed by atoms with E-state index in [-0.39, 0.29) is 11.3 Å². The van der Waals surface area contributed by atoms with Crippen molar-refractivity contribution in [2.75, 3.05) is 7.11 Å². The van der Waals surface area contributed by atoms with Gasteiger partial charge in [0.25, 0.3) is 0 Å². The van der Waals surface area contributed by atoms with Gasteiger partial charge in [-0.2, -0.15) is 0 Å². The molecule has 0 radical (unpaired) electrons. The molecule has 0 spiro atoms. The summed E-state index contributed by atoms with van der Waals surface area (Å²) in [4.78, 5) is 10.6. The second kappa shape index (κ2) is 4.31. The SMILES string of the molecule is COC1=CC(=C=O)C(C(C)Cl)C=C1. The Morgan fingerprint density at radius 2 is 2.38 bits per heavy atom. The standard InChI is InChI=1S/C10H11ClO2/c1-7(11)10-4-3-9(13-2)5-8(10)6-12/h3-5,7,10H,1-2H3. The van der Waals surface area contributed by atoms with E-state index in [1.807, 2.05) is 25.0 Å². The highest BCUT2D eigenvalue weighted by molar-refractivity contribution is 6.21. The van der Waals surface area contributed by atoms with Gasteiger partial charge in [-0.3, -0.25) is 0 Å². The third-order valence-electron chi connectivity index (χ3n) is 1.97. The molecule has 1 aliphatic carbocycles. The molecule has 0 amide bonds. The van der Waals surface area contributed by atoms with Gasteiger partial charge in [-0.05, 0) is 19.1 Å². The Balaban J connectivity index is 2.94. The Morgan fingerprint density at radius 1 is 1.69 bits per heavy atom. The lowest BCUT2D eigenvalue weighted by atomic mass is 9.92. The Bertz CT molecular complexity index is 296. The fraction of sp³-hybridized carbons (Fsp3) is 0.400. The van der Waals surface area contributed by atoms with Crippen molar-refractivity contribution in [3.8, 4) is 0 Å². The molecule has 0 heterocycles. The zero-order chi connectivity index (χ0) is 9.84. The summed E-state index contributed by atoms with van der Waals surface area (Å²) in [5, 5.41) is -0.109. The van der Waals surface area contributed by atoms with E-state index < -0.39 is 0 Å². The largest absolute Gasteiger partial charge is 0.497 e. The third kappa shape index (κ3) is 2.24. The molecule has 0 aromatic rings. The van der Waals surface area contributed by atoms with Crippen molar-refractivity contribution in [2.24, 2.45) is 5.92 Å². The van der Waals surface area contributed by atoms with Crippen LogP contribution in [0.2, 0.25) is 0 Å². The van der Waals surface area contributed by atoms with Crippen molar-refractivity contribution < 1.29 is 9.53 Å². The van der Waals surface area contributed by atoms with Crippen LogP contribution in [-0.4, -0.2) is 18.4 Å². The Hall–Kier alpha value is -0.980. The molecule has 0 aromatic carbocycles. The van der Waals surface area contributed by atoms with E-state index in [2.05, 4.69) is 0 Å². The molecule has 3 heteroatoms. The number of alkyl halides is 1. The summed E-state index contributed by atoms with van der Waals surface area (Å²) >= 11 is 5.90. The molecule has 0 saturated heterocycles. The van der Waals surface area contributed by atoms with E-state index in [1.165, 1.54) is 0 Å². The second-order valence-corrected chi connectivity index (χ2v) is 3.56. The summed E-state index contributed by atoms with van der Waals surface area (Å²) in [6, 6.07) is 0. The lowest BCUT2D eigenvalue weighted by Gasteiger charge is -2.18. The van der Waals surface area contributed by atoms with Crippen LogP contribution in [0.5, 0.6) is 0 Å². The fourth-order valence-corrected chi connectivity index (χ4v) is 1.44. The lowest BCUT2D eigenvalue weighted by molar-refractivity contribution is 0.304. The van der Waals surface area contributed by atoms with Crippen molar-refractivity contribution in [1.82, 2.24) is 0 Å². The molecule has 0 aliphatic heterocycles. The summed E-state index contributed by atoms with van der Waals surface area (Å²) in [7, 11) is 1.56. The van der Waals surface area contributed by atoms with Crippen LogP contribution in [0.1, 0.15) is 6.92 Å². The molecule has 0 bridgehead atoms. The molecule has 70 valence electrons. The van der Waals surface area contributed by atoms with E-state index in [1.54, 1.807) is 13.2 Å². The van der Waals surface area contributed by atoms with Crippen molar-refractivity contribution in [1.29, 1.82) is 0 Å². The highest BCUT2D eigenvalue weighted by Crippen LogP contribution is 2.26. The molecule has 0 fully saturated rings. The summed E-state index contributed by atoms with van der Waals surface area (Å²) in [5.74, 6) is 2.48. The number of ether oxygens (including phenoxy) is 1. The monoisotopic (exact) mass is 198 g/mol. The van der Waals surface area contributed by atoms with Crippen LogP contribution in [0.4, 0.5) is 0 Å². The van der Waals surface area contributed by atoms with Crippen LogP contribution in [0.3, 0.4) is 0 Å². The molecule has 2 unspecified atom stereocenters. The van der Waals surface area contributed by atoms with Gasteiger partial charge in [0.1, 0.15) is 11.7 Å². The van der Waals surface area contributed by atoms with Crippen LogP contribution >= 0.6 is 11.6 Å². The van der Waals surface area contributed by atoms with Crippen molar-refractivity contribution in [3.63, 3.8) is 0 Å². The van der Waals surface area contributed by atoms with Crippen molar-refractivity contribution >= 4 is 17.5 Å². The molecular weight excluding hydrogens is 188 g/mol. The molecule has 1 rings (SSSR count). The molecule has 2 nitrogen and oxygen atoms in total. The summed E-state index contributed by atoms with van der Waals surface area (Å²) < 4.78 is 4.98. The van der Waals surface area contributed by atoms with Gasteiger partial charge in [-0.1, -0.05) is 6.08 Å². The Kier molecular flexibility index (Phi) is 3.35. The van der Waals surface area contributed by atoms with Gasteiger partial charge in [0.15, 0.2) is 0 Å². The number of carbonyl (C=O) groups excluding carboxylic acids is 1. The van der Waals surface area contributed by atoms with Crippen LogP contribution in [-0.2, 0) is 9.53 Å². The number of methoxy groups -OCH3 is 1. The van der Waals surface area contributed by atoms with Gasteiger partial charge >= 0.3 is 0 Å². The zero-order valence-corrected chi connectivity index (χ0v) is 8.34. The number of hydrogen-bond acceptors (Lipinski definition) is 2. The van der Waals surface area contributed by atoms with E-state index in [0.29, 0.717) is 11.3 Å². The van der Waals surface area contributed by atoms with E-state index >= 15 is 0 Å². The number of halogens is 1. The smallest absolute Gasteiger partial charge is 0.128 e. The predicted molar refractivity (Wildman–Crippen MR) is 52.2 cm³/mol. The second-order valence-electron chi connectivity index (χ2n) is 2.87. The van der Waals surface area contributed by atoms with Gasteiger partial charge in [-0.15, -0.1) is 11.6 Å². The lowest BCUT2D eigenvalue weighted by Crippen LogP contribution is -2.14. The predicted octanol–water partition coefficient (Wildman–Crippen LogP) is 2.09. The van der Waals surface area contributed by atoms with E-state index in [9.17, 15) is 4.79 Å². The highest BCUT2D eigenvalue weighted by Gasteiger charge is 2.20. The maximum Gasteiger partial charge on any atom is 0.128 e. The van der Waals surface area contributed by atoms with Crippen molar-refractivity contribution in [3.05, 3.63) is 29.6 Å². The quantitative estimate of drug-likeness (QED) is 0.502. The van der Waals surface area contributed by atoms with Crippen LogP contribution in [0.15, 0.2) is 29.6 Å². The normalized spacial score (nSPS) is 23.5. The number of allylic oxidation sites excluding steroid dienone is 4. The molecule has 0 saturated carbocycles. The van der Waals surface area contributed by atoms with Crippen LogP contribution < -0.4 is 0 Å². The average Bonchev–Trinajstić information content (AvgIpc) is 2.16. The van der Waals surface area contributed by atoms with Crippen LogP contribution in [0.25, 0.3) is 0 Å². The summed E-state index contributed by atoms with van der Waals surface area (Å²) in [6.45, 7) is 1.85. The fourth-order valence-electron chi connectivity index (χ4n) is 1.22. The highest BCUT2D eigenvalue weighted by atomic mass is 35.5. The number of rotatable bonds is 2. The van der Waals surface area contributed by atoms with Gasteiger partial charge in [-0.25, -0.2) is 4.79 Å². The first-order chi connectivity index (χ1) is 6.19. The minimum atomic E-state index is -0.109. The Morgan fingerprint density at radius 3 is 2.85 bits per heavy atom. The molecule has 13 heavy (non-hydrogen) atoms. The van der Waals surface area contributed by atoms with Gasteiger partial charge in [0, 0.05) is 16.9 Å². The summed E-state index contributed by atoms with van der Waals surface area (Å²) in [6.07, 6.45) is 5.33. The molecule has 2 atom stereocenters. The third-order valence-corrected chi connectivity index (χ3v) is 2.24. The van der Waals surface area contributed by atoms with Crippen LogP contribution in [0, 0.1) is 5.92 Å². The average molecular weight is 199 g/mol. The van der Waals surface area contributed by atoms with Crippen molar-refractivity contribution in [2.45, 2.75) is 12.3 Å². The van der Waals surface area contributed by atoms with E-state index in [4.69, 9.17) is 16.3 Å². The van der Waals surface area contributed by atoms with Gasteiger partial charge in [0.2, 0.25) is 0 Å². The zero-order valence-electron chi connectivity index (χ0n) is 7.58. The topological polar surface area (TPSA) is 26.3 Å². The van der Waals surface area contributed by atoms with Gasteiger partial charge in [0.05, 0.1) is 7.11 Å². The number of hydrogen-bond donors (Lipinski definition) is 0. The maximum absolute atomic E-state index is 10.6. The summed E-state index contributed by atoms with van der Waals surface area (Å²) in [5.41, 5.74) is 0.543. The first-order valence-corrected chi connectivity index (χ1v) is 4.45. The Labute approximate surface area is 82.5 Å². The first-order valence-electron chi connectivity index (χ1n) is 4.02. The van der Waals surface area contributed by atoms with Gasteiger partial charge < -0.3 is 4.74 Å².